The fraction of sp³-hybridized carbons (Fsp3) is 0.273. The first-order valence-corrected chi connectivity index (χ1v) is 9.88. The van der Waals surface area contributed by atoms with Gasteiger partial charge in [0.2, 0.25) is 0 Å². The van der Waals surface area contributed by atoms with Gasteiger partial charge >= 0.3 is 0 Å². The van der Waals surface area contributed by atoms with E-state index < -0.39 is 6.04 Å². The van der Waals surface area contributed by atoms with E-state index in [0.717, 1.165) is 11.3 Å². The number of amides is 2. The van der Waals surface area contributed by atoms with E-state index in [0.29, 0.717) is 36.6 Å². The molecule has 2 aliphatic heterocycles. The van der Waals surface area contributed by atoms with Crippen LogP contribution in [0, 0.1) is 0 Å². The van der Waals surface area contributed by atoms with Crippen LogP contribution in [0.1, 0.15) is 21.7 Å². The van der Waals surface area contributed by atoms with Crippen molar-refractivity contribution in [1.29, 1.82) is 0 Å². The summed E-state index contributed by atoms with van der Waals surface area (Å²) in [6.45, 7) is 1.06. The second kappa shape index (κ2) is 7.29. The Bertz CT molecular complexity index is 1110. The molecule has 0 saturated heterocycles. The van der Waals surface area contributed by atoms with E-state index in [4.69, 9.17) is 4.74 Å². The molecule has 3 aromatic rings. The lowest BCUT2D eigenvalue weighted by Crippen LogP contribution is -2.54. The first kappa shape index (κ1) is 18.4. The highest BCUT2D eigenvalue weighted by Gasteiger charge is 2.39. The van der Waals surface area contributed by atoms with E-state index >= 15 is 0 Å². The zero-order chi connectivity index (χ0) is 20.7. The third kappa shape index (κ3) is 3.10. The Balaban J connectivity index is 1.39. The van der Waals surface area contributed by atoms with Crippen LogP contribution in [0.2, 0.25) is 0 Å². The van der Waals surface area contributed by atoms with Crippen molar-refractivity contribution in [2.75, 3.05) is 25.1 Å². The standard InChI is InChI=1S/C22H21N5O3/c1-25-17-7-2-3-8-19(17)30-14-18(21(25)28)27-11-9-15-12-26(24-20(15)22(27)29)13-16-6-4-5-10-23-16/h2-8,10,12,18H,9,11,13-14H2,1H3/t18-/m0/s1. The highest BCUT2D eigenvalue weighted by atomic mass is 16.5. The first-order chi connectivity index (χ1) is 14.6. The molecule has 2 aromatic heterocycles. The van der Waals surface area contributed by atoms with E-state index in [2.05, 4.69) is 10.1 Å². The van der Waals surface area contributed by atoms with Gasteiger partial charge in [0.05, 0.1) is 17.9 Å². The number of anilines is 1. The maximum Gasteiger partial charge on any atom is 0.275 e. The van der Waals surface area contributed by atoms with Gasteiger partial charge in [-0.25, -0.2) is 0 Å². The second-order valence-corrected chi connectivity index (χ2v) is 7.46. The third-order valence-electron chi connectivity index (χ3n) is 5.59. The smallest absolute Gasteiger partial charge is 0.275 e. The lowest BCUT2D eigenvalue weighted by molar-refractivity contribution is -0.123. The highest BCUT2D eigenvalue weighted by Crippen LogP contribution is 2.32. The number of rotatable bonds is 3. The van der Waals surface area contributed by atoms with Crippen molar-refractivity contribution in [3.05, 3.63) is 71.8 Å². The maximum atomic E-state index is 13.2. The number of hydrogen-bond donors (Lipinski definition) is 0. The molecular weight excluding hydrogens is 382 g/mol. The van der Waals surface area contributed by atoms with Crippen molar-refractivity contribution >= 4 is 17.5 Å². The van der Waals surface area contributed by atoms with E-state index in [1.807, 2.05) is 48.7 Å². The van der Waals surface area contributed by atoms with Crippen LogP contribution in [0.25, 0.3) is 0 Å². The van der Waals surface area contributed by atoms with E-state index in [1.165, 1.54) is 0 Å². The minimum absolute atomic E-state index is 0.121. The van der Waals surface area contributed by atoms with Crippen LogP contribution in [0.5, 0.6) is 5.75 Å². The summed E-state index contributed by atoms with van der Waals surface area (Å²) in [5, 5.41) is 4.50. The van der Waals surface area contributed by atoms with Gasteiger partial charge in [0.1, 0.15) is 18.4 Å². The molecule has 0 fully saturated rings. The largest absolute Gasteiger partial charge is 0.489 e. The Morgan fingerprint density at radius 1 is 1.13 bits per heavy atom. The number of carbonyl (C=O) groups is 2. The van der Waals surface area contributed by atoms with Gasteiger partial charge in [-0.3, -0.25) is 19.3 Å². The van der Waals surface area contributed by atoms with E-state index in [-0.39, 0.29) is 18.4 Å². The molecule has 0 bridgehead atoms. The summed E-state index contributed by atoms with van der Waals surface area (Å²) in [7, 11) is 1.71. The van der Waals surface area contributed by atoms with Crippen molar-refractivity contribution in [2.24, 2.45) is 0 Å². The van der Waals surface area contributed by atoms with Crippen LogP contribution >= 0.6 is 0 Å². The molecule has 4 heterocycles. The Hall–Kier alpha value is -3.68. The van der Waals surface area contributed by atoms with Crippen molar-refractivity contribution in [1.82, 2.24) is 19.7 Å². The molecule has 0 N–H and O–H groups in total. The van der Waals surface area contributed by atoms with Gasteiger partial charge in [0, 0.05) is 31.5 Å². The fourth-order valence-corrected chi connectivity index (χ4v) is 4.00. The number of pyridine rings is 1. The van der Waals surface area contributed by atoms with Crippen LogP contribution in [0.3, 0.4) is 0 Å². The average molecular weight is 403 g/mol. The van der Waals surface area contributed by atoms with Crippen LogP contribution < -0.4 is 9.64 Å². The minimum atomic E-state index is -0.691. The molecule has 0 unspecified atom stereocenters. The van der Waals surface area contributed by atoms with Crippen molar-refractivity contribution in [2.45, 2.75) is 19.0 Å². The summed E-state index contributed by atoms with van der Waals surface area (Å²) in [6.07, 6.45) is 4.27. The predicted molar refractivity (Wildman–Crippen MR) is 109 cm³/mol. The number of aromatic nitrogens is 3. The van der Waals surface area contributed by atoms with Crippen LogP contribution in [-0.4, -0.2) is 57.7 Å². The summed E-state index contributed by atoms with van der Waals surface area (Å²) >= 11 is 0. The molecule has 152 valence electrons. The average Bonchev–Trinajstić information content (AvgIpc) is 3.13. The van der Waals surface area contributed by atoms with Crippen LogP contribution in [0.4, 0.5) is 5.69 Å². The van der Waals surface area contributed by atoms with E-state index in [1.54, 1.807) is 27.7 Å². The van der Waals surface area contributed by atoms with Gasteiger partial charge in [-0.05, 0) is 30.7 Å². The number of carbonyl (C=O) groups excluding carboxylic acids is 2. The Morgan fingerprint density at radius 2 is 1.97 bits per heavy atom. The molecule has 1 atom stereocenters. The summed E-state index contributed by atoms with van der Waals surface area (Å²) < 4.78 is 7.62. The number of hydrogen-bond acceptors (Lipinski definition) is 5. The van der Waals surface area contributed by atoms with E-state index in [9.17, 15) is 9.59 Å². The quantitative estimate of drug-likeness (QED) is 0.666. The topological polar surface area (TPSA) is 80.6 Å². The number of ether oxygens (including phenoxy) is 1. The molecule has 2 aliphatic rings. The second-order valence-electron chi connectivity index (χ2n) is 7.46. The number of nitrogens with zero attached hydrogens (tertiary/aromatic N) is 5. The fourth-order valence-electron chi connectivity index (χ4n) is 4.00. The normalized spacial score (nSPS) is 18.5. The number of para-hydroxylation sites is 2. The molecule has 1 aromatic carbocycles. The zero-order valence-electron chi connectivity index (χ0n) is 16.6. The molecule has 0 aliphatic carbocycles. The minimum Gasteiger partial charge on any atom is -0.489 e. The Labute approximate surface area is 173 Å². The molecule has 0 radical (unpaired) electrons. The van der Waals surface area contributed by atoms with Gasteiger partial charge in [0.25, 0.3) is 11.8 Å². The summed E-state index contributed by atoms with van der Waals surface area (Å²) in [5.41, 5.74) is 2.86. The van der Waals surface area contributed by atoms with Crippen LogP contribution in [0.15, 0.2) is 54.9 Å². The monoisotopic (exact) mass is 403 g/mol. The third-order valence-corrected chi connectivity index (χ3v) is 5.59. The van der Waals surface area contributed by atoms with Crippen LogP contribution in [-0.2, 0) is 17.8 Å². The predicted octanol–water partition coefficient (Wildman–Crippen LogP) is 1.75. The number of benzene rings is 1. The first-order valence-electron chi connectivity index (χ1n) is 9.88. The molecule has 2 amide bonds. The molecular formula is C22H21N5O3. The molecule has 8 nitrogen and oxygen atoms in total. The SMILES string of the molecule is CN1C(=O)[C@@H](N2CCc3cn(Cc4ccccn4)nc3C2=O)COc2ccccc21. The number of likely N-dealkylation sites (N-methyl/N-ethyl adjacent to an activating group) is 1. The van der Waals surface area contributed by atoms with Gasteiger partial charge in [-0.2, -0.15) is 5.10 Å². The maximum absolute atomic E-state index is 13.2. The molecule has 0 saturated carbocycles. The molecule has 30 heavy (non-hydrogen) atoms. The Morgan fingerprint density at radius 3 is 2.80 bits per heavy atom. The lowest BCUT2D eigenvalue weighted by Gasteiger charge is -2.33. The summed E-state index contributed by atoms with van der Waals surface area (Å²) in [5.74, 6) is 0.239. The number of fused-ring (bicyclic) bond motifs is 2. The summed E-state index contributed by atoms with van der Waals surface area (Å²) in [6, 6.07) is 12.4. The van der Waals surface area contributed by atoms with Gasteiger partial charge in [-0.1, -0.05) is 18.2 Å². The lowest BCUT2D eigenvalue weighted by atomic mass is 10.0. The van der Waals surface area contributed by atoms with Crippen molar-refractivity contribution < 1.29 is 14.3 Å². The van der Waals surface area contributed by atoms with Crippen molar-refractivity contribution in [3.63, 3.8) is 0 Å². The Kier molecular flexibility index (Phi) is 4.46. The molecule has 5 rings (SSSR count). The molecule has 8 heteroatoms. The van der Waals surface area contributed by atoms with Gasteiger partial charge in [-0.15, -0.1) is 0 Å². The van der Waals surface area contributed by atoms with Gasteiger partial charge in [0.15, 0.2) is 5.69 Å². The zero-order valence-corrected chi connectivity index (χ0v) is 16.6. The highest BCUT2D eigenvalue weighted by molar-refractivity contribution is 6.03. The molecule has 0 spiro atoms. The van der Waals surface area contributed by atoms with Gasteiger partial charge < -0.3 is 14.5 Å². The van der Waals surface area contributed by atoms with Crippen molar-refractivity contribution in [3.8, 4) is 5.75 Å². The summed E-state index contributed by atoms with van der Waals surface area (Å²) in [4.78, 5) is 33.8.